The molecule has 0 saturated carbocycles. The molecule has 0 bridgehead atoms. The molecule has 1 aromatic carbocycles. The number of benzene rings is 1. The third-order valence-electron chi connectivity index (χ3n) is 5.33. The number of fused-ring (bicyclic) bond motifs is 2. The van der Waals surface area contributed by atoms with Crippen LogP contribution in [0.2, 0.25) is 5.02 Å². The second kappa shape index (κ2) is 10.1. The first-order chi connectivity index (χ1) is 13.4. The first-order valence-electron chi connectivity index (χ1n) is 10.2. The Kier molecular flexibility index (Phi) is 8.00. The number of halogens is 3. The van der Waals surface area contributed by atoms with E-state index in [2.05, 4.69) is 70.1 Å². The van der Waals surface area contributed by atoms with E-state index in [9.17, 15) is 0 Å². The van der Waals surface area contributed by atoms with Gasteiger partial charge in [0.05, 0.1) is 10.7 Å². The number of pyridine rings is 1. The van der Waals surface area contributed by atoms with E-state index < -0.39 is 0 Å². The van der Waals surface area contributed by atoms with Crippen molar-refractivity contribution in [3.63, 3.8) is 0 Å². The fraction of sp³-hybridized carbons (Fsp3) is 0.522. The summed E-state index contributed by atoms with van der Waals surface area (Å²) in [6.07, 6.45) is 6.35. The lowest BCUT2D eigenvalue weighted by molar-refractivity contribution is 0.338. The Hall–Kier alpha value is -0.420. The molecule has 1 aliphatic heterocycles. The van der Waals surface area contributed by atoms with Crippen molar-refractivity contribution in [3.8, 4) is 0 Å². The molecule has 1 atom stereocenters. The molecule has 2 aliphatic rings. The lowest BCUT2D eigenvalue weighted by Crippen LogP contribution is -2.32. The maximum atomic E-state index is 6.39. The van der Waals surface area contributed by atoms with Crippen LogP contribution < -0.4 is 5.32 Å². The second-order valence-electron chi connectivity index (χ2n) is 8.42. The Balaban J connectivity index is 0.000000516. The maximum absolute atomic E-state index is 6.39. The van der Waals surface area contributed by atoms with E-state index in [1.54, 1.807) is 0 Å². The van der Waals surface area contributed by atoms with Gasteiger partial charge >= 0.3 is 0 Å². The number of hydrogen-bond donors (Lipinski definition) is 1. The molecule has 5 heteroatoms. The van der Waals surface area contributed by atoms with E-state index >= 15 is 0 Å². The van der Waals surface area contributed by atoms with E-state index in [-0.39, 0.29) is 0 Å². The molecule has 2 aromatic rings. The third-order valence-corrected chi connectivity index (χ3v) is 7.21. The van der Waals surface area contributed by atoms with Crippen molar-refractivity contribution >= 4 is 43.5 Å². The van der Waals surface area contributed by atoms with Crippen LogP contribution in [0.3, 0.4) is 0 Å². The molecular formula is C23H29Br2ClN2. The summed E-state index contributed by atoms with van der Waals surface area (Å²) in [6, 6.07) is 6.51. The van der Waals surface area contributed by atoms with Crippen molar-refractivity contribution in [2.45, 2.75) is 52.4 Å². The number of piperidine rings is 1. The minimum absolute atomic E-state index is 0.362. The predicted molar refractivity (Wildman–Crippen MR) is 126 cm³/mol. The highest BCUT2D eigenvalue weighted by Crippen LogP contribution is 2.44. The number of aryl methyl sites for hydroxylation is 1. The lowest BCUT2D eigenvalue weighted by Gasteiger charge is -2.32. The summed E-state index contributed by atoms with van der Waals surface area (Å²) in [5.41, 5.74) is 5.40. The van der Waals surface area contributed by atoms with Crippen LogP contribution in [-0.4, -0.2) is 18.1 Å². The van der Waals surface area contributed by atoms with Gasteiger partial charge in [0.25, 0.3) is 0 Å². The lowest BCUT2D eigenvalue weighted by atomic mass is 9.77. The molecule has 4 rings (SSSR count). The van der Waals surface area contributed by atoms with Crippen molar-refractivity contribution in [3.05, 3.63) is 60.7 Å². The topological polar surface area (TPSA) is 24.9 Å². The minimum Gasteiger partial charge on any atom is -0.317 e. The van der Waals surface area contributed by atoms with Crippen LogP contribution in [0.15, 0.2) is 33.3 Å². The van der Waals surface area contributed by atoms with Crippen molar-refractivity contribution in [1.29, 1.82) is 0 Å². The zero-order chi connectivity index (χ0) is 20.3. The molecule has 0 radical (unpaired) electrons. The van der Waals surface area contributed by atoms with Crippen LogP contribution in [0.1, 0.15) is 61.9 Å². The molecule has 0 amide bonds. The fourth-order valence-electron chi connectivity index (χ4n) is 4.19. The number of rotatable bonds is 1. The average molecular weight is 529 g/mol. The van der Waals surface area contributed by atoms with E-state index in [0.717, 1.165) is 45.8 Å². The summed E-state index contributed by atoms with van der Waals surface area (Å²) in [5, 5.41) is 4.29. The molecule has 0 spiro atoms. The van der Waals surface area contributed by atoms with Crippen LogP contribution in [-0.2, 0) is 12.8 Å². The number of nitrogens with one attached hydrogen (secondary N) is 1. The molecule has 1 N–H and O–H groups in total. The van der Waals surface area contributed by atoms with E-state index in [1.165, 1.54) is 35.2 Å². The molecule has 1 aliphatic carbocycles. The summed E-state index contributed by atoms with van der Waals surface area (Å²) in [7, 11) is 0. The number of aromatic nitrogens is 1. The van der Waals surface area contributed by atoms with Gasteiger partial charge in [-0.25, -0.2) is 0 Å². The van der Waals surface area contributed by atoms with Gasteiger partial charge in [-0.3, -0.25) is 4.98 Å². The van der Waals surface area contributed by atoms with Crippen LogP contribution in [0.25, 0.3) is 0 Å². The first-order valence-corrected chi connectivity index (χ1v) is 12.2. The first kappa shape index (κ1) is 22.3. The van der Waals surface area contributed by atoms with Crippen molar-refractivity contribution in [1.82, 2.24) is 10.3 Å². The van der Waals surface area contributed by atoms with Gasteiger partial charge < -0.3 is 5.32 Å². The number of hydrogen-bond acceptors (Lipinski definition) is 2. The number of nitrogens with zero attached hydrogens (tertiary/aromatic N) is 1. The van der Waals surface area contributed by atoms with Gasteiger partial charge in [0, 0.05) is 21.1 Å². The standard InChI is InChI=1S/C19H19Br2ClN2.C4H10/c20-13-9-12-1-2-15-14(3-4-16(22)18(15)21)17(19(12)24-10-13)11-5-7-23-8-6-11;1-4(2)3/h3-4,9-11,17,23H,1-2,5-8H2;4H,1-3H3. The molecule has 1 saturated heterocycles. The Morgan fingerprint density at radius 2 is 1.79 bits per heavy atom. The second-order valence-corrected chi connectivity index (χ2v) is 10.5. The summed E-state index contributed by atoms with van der Waals surface area (Å²) >= 11 is 13.7. The normalized spacial score (nSPS) is 19.3. The fourth-order valence-corrected chi connectivity index (χ4v) is 5.30. The zero-order valence-electron chi connectivity index (χ0n) is 16.9. The molecular weight excluding hydrogens is 500 g/mol. The smallest absolute Gasteiger partial charge is 0.0551 e. The highest BCUT2D eigenvalue weighted by Gasteiger charge is 2.33. The van der Waals surface area contributed by atoms with Crippen LogP contribution in [0.4, 0.5) is 0 Å². The third kappa shape index (κ3) is 5.19. The summed E-state index contributed by atoms with van der Waals surface area (Å²) in [4.78, 5) is 4.87. The SMILES string of the molecule is CC(C)C.Clc1ccc2c(c1Br)CCc1cc(Br)cnc1C2C1CCNCC1. The van der Waals surface area contributed by atoms with Gasteiger partial charge in [0.1, 0.15) is 0 Å². The Morgan fingerprint density at radius 1 is 1.11 bits per heavy atom. The highest BCUT2D eigenvalue weighted by molar-refractivity contribution is 9.10. The maximum Gasteiger partial charge on any atom is 0.0551 e. The monoisotopic (exact) mass is 526 g/mol. The largest absolute Gasteiger partial charge is 0.317 e. The molecule has 152 valence electrons. The predicted octanol–water partition coefficient (Wildman–Crippen LogP) is 7.15. The highest BCUT2D eigenvalue weighted by atomic mass is 79.9. The van der Waals surface area contributed by atoms with E-state index in [0.29, 0.717) is 11.8 Å². The van der Waals surface area contributed by atoms with E-state index in [4.69, 9.17) is 16.6 Å². The Morgan fingerprint density at radius 3 is 2.46 bits per heavy atom. The average Bonchev–Trinajstić information content (AvgIpc) is 2.82. The van der Waals surface area contributed by atoms with Gasteiger partial charge in [-0.1, -0.05) is 38.4 Å². The van der Waals surface area contributed by atoms with Crippen LogP contribution >= 0.6 is 43.5 Å². The Bertz CT molecular complexity index is 814. The molecule has 1 fully saturated rings. The molecule has 1 aromatic heterocycles. The van der Waals surface area contributed by atoms with Gasteiger partial charge in [-0.15, -0.1) is 0 Å². The summed E-state index contributed by atoms with van der Waals surface area (Å²) in [5.74, 6) is 1.82. The van der Waals surface area contributed by atoms with Gasteiger partial charge in [0.2, 0.25) is 0 Å². The quantitative estimate of drug-likeness (QED) is 0.425. The molecule has 28 heavy (non-hydrogen) atoms. The van der Waals surface area contributed by atoms with E-state index in [1.807, 2.05) is 12.3 Å². The summed E-state index contributed by atoms with van der Waals surface area (Å²) in [6.45, 7) is 8.69. The minimum atomic E-state index is 0.362. The summed E-state index contributed by atoms with van der Waals surface area (Å²) < 4.78 is 2.13. The van der Waals surface area contributed by atoms with Gasteiger partial charge in [-0.05, 0) is 111 Å². The van der Waals surface area contributed by atoms with Gasteiger partial charge in [0.15, 0.2) is 0 Å². The van der Waals surface area contributed by atoms with Crippen LogP contribution in [0, 0.1) is 11.8 Å². The van der Waals surface area contributed by atoms with Gasteiger partial charge in [-0.2, -0.15) is 0 Å². The zero-order valence-corrected chi connectivity index (χ0v) is 20.8. The Labute approximate surface area is 191 Å². The van der Waals surface area contributed by atoms with Crippen LogP contribution in [0.5, 0.6) is 0 Å². The molecule has 2 nitrogen and oxygen atoms in total. The van der Waals surface area contributed by atoms with Crippen molar-refractivity contribution in [2.24, 2.45) is 11.8 Å². The van der Waals surface area contributed by atoms with Crippen molar-refractivity contribution in [2.75, 3.05) is 13.1 Å². The molecule has 2 heterocycles. The van der Waals surface area contributed by atoms with Crippen molar-refractivity contribution < 1.29 is 0 Å². The molecule has 1 unspecified atom stereocenters.